The number of aliphatic imine (C=N–C) groups is 1. The Kier molecular flexibility index (Phi) is 5.51. The zero-order valence-corrected chi connectivity index (χ0v) is 8.67. The molecule has 0 fully saturated rings. The monoisotopic (exact) mass is 171 g/mol. The molecule has 72 valence electrons. The fourth-order valence-corrected chi connectivity index (χ4v) is 1.03. The highest BCUT2D eigenvalue weighted by atomic mass is 15.2. The van der Waals surface area contributed by atoms with Crippen molar-refractivity contribution in [1.82, 2.24) is 4.90 Å². The first kappa shape index (κ1) is 11.3. The first-order valence-electron chi connectivity index (χ1n) is 4.62. The van der Waals surface area contributed by atoms with Crippen LogP contribution in [0.2, 0.25) is 0 Å². The van der Waals surface area contributed by atoms with Crippen LogP contribution in [-0.2, 0) is 0 Å². The molecule has 0 bridgehead atoms. The molecule has 0 aliphatic rings. The molecule has 0 aromatic carbocycles. The minimum atomic E-state index is 0.651. The smallest absolute Gasteiger partial charge is 0.190 e. The molecule has 0 aromatic rings. The van der Waals surface area contributed by atoms with E-state index in [9.17, 15) is 0 Å². The van der Waals surface area contributed by atoms with E-state index in [1.165, 1.54) is 6.42 Å². The molecule has 0 saturated carbocycles. The summed E-state index contributed by atoms with van der Waals surface area (Å²) in [5, 5.41) is 0. The summed E-state index contributed by atoms with van der Waals surface area (Å²) >= 11 is 0. The van der Waals surface area contributed by atoms with Crippen molar-refractivity contribution in [2.45, 2.75) is 27.2 Å². The summed E-state index contributed by atoms with van der Waals surface area (Å²) in [5.41, 5.74) is 5.71. The molecule has 0 spiro atoms. The number of nitrogens with two attached hydrogens (primary N) is 1. The SMILES string of the molecule is CCC(C)CN(CC)C(N)=NC. The lowest BCUT2D eigenvalue weighted by Gasteiger charge is -2.24. The van der Waals surface area contributed by atoms with E-state index in [0.717, 1.165) is 13.1 Å². The molecule has 2 N–H and O–H groups in total. The van der Waals surface area contributed by atoms with Gasteiger partial charge in [-0.2, -0.15) is 0 Å². The Hall–Kier alpha value is -0.730. The molecular formula is C9H21N3. The van der Waals surface area contributed by atoms with Gasteiger partial charge in [0.15, 0.2) is 5.96 Å². The van der Waals surface area contributed by atoms with E-state index in [1.54, 1.807) is 7.05 Å². The van der Waals surface area contributed by atoms with Gasteiger partial charge in [0.2, 0.25) is 0 Å². The Labute approximate surface area is 75.7 Å². The molecule has 3 nitrogen and oxygen atoms in total. The van der Waals surface area contributed by atoms with Crippen molar-refractivity contribution in [3.63, 3.8) is 0 Å². The van der Waals surface area contributed by atoms with Crippen molar-refractivity contribution in [1.29, 1.82) is 0 Å². The standard InChI is InChI=1S/C9H21N3/c1-5-8(3)7-12(6-2)9(10)11-4/h8H,5-7H2,1-4H3,(H2,10,11). The highest BCUT2D eigenvalue weighted by Gasteiger charge is 2.07. The fraction of sp³-hybridized carbons (Fsp3) is 0.889. The summed E-state index contributed by atoms with van der Waals surface area (Å²) in [6, 6.07) is 0. The second kappa shape index (κ2) is 5.86. The first-order chi connectivity index (χ1) is 5.65. The van der Waals surface area contributed by atoms with Gasteiger partial charge in [0, 0.05) is 20.1 Å². The Bertz CT molecular complexity index is 143. The lowest BCUT2D eigenvalue weighted by atomic mass is 10.1. The molecule has 1 atom stereocenters. The van der Waals surface area contributed by atoms with Gasteiger partial charge in [-0.1, -0.05) is 20.3 Å². The number of guanidine groups is 1. The summed E-state index contributed by atoms with van der Waals surface area (Å²) in [5.74, 6) is 1.34. The van der Waals surface area contributed by atoms with Gasteiger partial charge in [-0.25, -0.2) is 0 Å². The van der Waals surface area contributed by atoms with Crippen molar-refractivity contribution < 1.29 is 0 Å². The van der Waals surface area contributed by atoms with Gasteiger partial charge in [-0.15, -0.1) is 0 Å². The number of hydrogen-bond donors (Lipinski definition) is 1. The highest BCUT2D eigenvalue weighted by Crippen LogP contribution is 2.03. The van der Waals surface area contributed by atoms with Crippen LogP contribution in [-0.4, -0.2) is 31.0 Å². The van der Waals surface area contributed by atoms with Crippen LogP contribution < -0.4 is 5.73 Å². The Morgan fingerprint density at radius 2 is 2.08 bits per heavy atom. The molecule has 0 aliphatic heterocycles. The van der Waals surface area contributed by atoms with Crippen molar-refractivity contribution in [2.24, 2.45) is 16.6 Å². The van der Waals surface area contributed by atoms with Crippen molar-refractivity contribution >= 4 is 5.96 Å². The van der Waals surface area contributed by atoms with E-state index in [4.69, 9.17) is 5.73 Å². The van der Waals surface area contributed by atoms with Gasteiger partial charge in [-0.3, -0.25) is 4.99 Å². The lowest BCUT2D eigenvalue weighted by molar-refractivity contribution is 0.356. The molecule has 12 heavy (non-hydrogen) atoms. The third-order valence-electron chi connectivity index (χ3n) is 2.16. The van der Waals surface area contributed by atoms with Crippen LogP contribution in [0.3, 0.4) is 0 Å². The summed E-state index contributed by atoms with van der Waals surface area (Å²) in [6.07, 6.45) is 1.19. The Morgan fingerprint density at radius 3 is 2.42 bits per heavy atom. The number of rotatable bonds is 4. The van der Waals surface area contributed by atoms with E-state index >= 15 is 0 Å². The van der Waals surface area contributed by atoms with E-state index < -0.39 is 0 Å². The van der Waals surface area contributed by atoms with Crippen LogP contribution in [0.4, 0.5) is 0 Å². The maximum absolute atomic E-state index is 5.71. The van der Waals surface area contributed by atoms with E-state index in [-0.39, 0.29) is 0 Å². The third kappa shape index (κ3) is 3.60. The average Bonchev–Trinajstić information content (AvgIpc) is 2.12. The van der Waals surface area contributed by atoms with Gasteiger partial charge in [-0.05, 0) is 12.8 Å². The molecule has 0 amide bonds. The summed E-state index contributed by atoms with van der Waals surface area (Å²) in [4.78, 5) is 6.07. The van der Waals surface area contributed by atoms with Crippen molar-refractivity contribution in [3.05, 3.63) is 0 Å². The van der Waals surface area contributed by atoms with E-state index in [0.29, 0.717) is 11.9 Å². The van der Waals surface area contributed by atoms with Crippen molar-refractivity contribution in [2.75, 3.05) is 20.1 Å². The normalized spacial score (nSPS) is 14.5. The predicted octanol–water partition coefficient (Wildman–Crippen LogP) is 1.30. The molecule has 0 heterocycles. The van der Waals surface area contributed by atoms with Crippen LogP contribution in [0, 0.1) is 5.92 Å². The lowest BCUT2D eigenvalue weighted by Crippen LogP contribution is -2.39. The fourth-order valence-electron chi connectivity index (χ4n) is 1.03. The van der Waals surface area contributed by atoms with Gasteiger partial charge >= 0.3 is 0 Å². The summed E-state index contributed by atoms with van der Waals surface area (Å²) < 4.78 is 0. The van der Waals surface area contributed by atoms with Crippen LogP contribution in [0.5, 0.6) is 0 Å². The van der Waals surface area contributed by atoms with Crippen LogP contribution in [0.25, 0.3) is 0 Å². The maximum Gasteiger partial charge on any atom is 0.190 e. The highest BCUT2D eigenvalue weighted by molar-refractivity contribution is 5.77. The summed E-state index contributed by atoms with van der Waals surface area (Å²) in [6.45, 7) is 8.47. The topological polar surface area (TPSA) is 41.6 Å². The number of hydrogen-bond acceptors (Lipinski definition) is 1. The molecular weight excluding hydrogens is 150 g/mol. The molecule has 0 aromatic heterocycles. The van der Waals surface area contributed by atoms with E-state index in [1.807, 2.05) is 0 Å². The quantitative estimate of drug-likeness (QED) is 0.511. The zero-order chi connectivity index (χ0) is 9.56. The first-order valence-corrected chi connectivity index (χ1v) is 4.62. The number of nitrogens with zero attached hydrogens (tertiary/aromatic N) is 2. The zero-order valence-electron chi connectivity index (χ0n) is 8.67. The summed E-state index contributed by atoms with van der Waals surface area (Å²) in [7, 11) is 1.73. The molecule has 3 heteroatoms. The molecule has 1 unspecified atom stereocenters. The minimum absolute atomic E-state index is 0.651. The predicted molar refractivity (Wildman–Crippen MR) is 54.2 cm³/mol. The second-order valence-electron chi connectivity index (χ2n) is 3.13. The minimum Gasteiger partial charge on any atom is -0.370 e. The Morgan fingerprint density at radius 1 is 1.50 bits per heavy atom. The molecule has 0 aliphatic carbocycles. The largest absolute Gasteiger partial charge is 0.370 e. The van der Waals surface area contributed by atoms with E-state index in [2.05, 4.69) is 30.7 Å². The van der Waals surface area contributed by atoms with Gasteiger partial charge in [0.05, 0.1) is 0 Å². The van der Waals surface area contributed by atoms with Crippen LogP contribution in [0.1, 0.15) is 27.2 Å². The third-order valence-corrected chi connectivity index (χ3v) is 2.16. The van der Waals surface area contributed by atoms with Gasteiger partial charge in [0.1, 0.15) is 0 Å². The molecule has 0 radical (unpaired) electrons. The van der Waals surface area contributed by atoms with Crippen LogP contribution in [0.15, 0.2) is 4.99 Å². The van der Waals surface area contributed by atoms with Gasteiger partial charge in [0.25, 0.3) is 0 Å². The maximum atomic E-state index is 5.71. The van der Waals surface area contributed by atoms with Gasteiger partial charge < -0.3 is 10.6 Å². The molecule has 0 saturated heterocycles. The Balaban J connectivity index is 3.99. The van der Waals surface area contributed by atoms with Crippen molar-refractivity contribution in [3.8, 4) is 0 Å². The van der Waals surface area contributed by atoms with Crippen LogP contribution >= 0.6 is 0 Å². The average molecular weight is 171 g/mol. The second-order valence-corrected chi connectivity index (χ2v) is 3.13. The molecule has 0 rings (SSSR count).